The Labute approximate surface area is 168 Å². The summed E-state index contributed by atoms with van der Waals surface area (Å²) in [5, 5.41) is 15.6. The third kappa shape index (κ3) is 4.90. The minimum absolute atomic E-state index is 0.0132. The van der Waals surface area contributed by atoms with E-state index in [0.29, 0.717) is 23.5 Å². The number of nitrogens with one attached hydrogen (secondary N) is 3. The van der Waals surface area contributed by atoms with Crippen molar-refractivity contribution in [3.63, 3.8) is 0 Å². The van der Waals surface area contributed by atoms with Gasteiger partial charge < -0.3 is 15.5 Å². The number of anilines is 1. The lowest BCUT2D eigenvalue weighted by Crippen LogP contribution is -3.14. The summed E-state index contributed by atoms with van der Waals surface area (Å²) in [5.41, 5.74) is 1.64. The van der Waals surface area contributed by atoms with Crippen molar-refractivity contribution < 1.29 is 22.9 Å². The van der Waals surface area contributed by atoms with Crippen LogP contribution < -0.4 is 15.5 Å². The van der Waals surface area contributed by atoms with Crippen molar-refractivity contribution in [2.45, 2.75) is 38.6 Å². The van der Waals surface area contributed by atoms with Gasteiger partial charge in [-0.05, 0) is 38.2 Å². The molecule has 1 saturated heterocycles. The van der Waals surface area contributed by atoms with E-state index < -0.39 is 9.84 Å². The van der Waals surface area contributed by atoms with Crippen LogP contribution in [0.25, 0.3) is 0 Å². The largest absolute Gasteiger partial charge is 0.347 e. The molecule has 10 heteroatoms. The smallest absolute Gasteiger partial charge is 0.280 e. The second-order valence-corrected chi connectivity index (χ2v) is 10.7. The molecule has 3 N–H and O–H groups in total. The quantitative estimate of drug-likeness (QED) is 0.531. The van der Waals surface area contributed by atoms with Crippen molar-refractivity contribution in [2.75, 3.05) is 36.5 Å². The highest BCUT2D eigenvalue weighted by Crippen LogP contribution is 2.38. The summed E-state index contributed by atoms with van der Waals surface area (Å²) in [6, 6.07) is 1.87. The number of hydrogen-bond donors (Lipinski definition) is 3. The van der Waals surface area contributed by atoms with Crippen molar-refractivity contribution in [3.8, 4) is 6.07 Å². The molecule has 0 saturated carbocycles. The number of nitrogens with zero attached hydrogens (tertiary/aromatic N) is 1. The van der Waals surface area contributed by atoms with E-state index in [1.165, 1.54) is 16.2 Å². The molecule has 8 nitrogen and oxygen atoms in total. The maximum atomic E-state index is 12.4. The second-order valence-electron chi connectivity index (χ2n) is 7.35. The van der Waals surface area contributed by atoms with E-state index in [1.54, 1.807) is 0 Å². The summed E-state index contributed by atoms with van der Waals surface area (Å²) in [5.74, 6) is -0.388. The van der Waals surface area contributed by atoms with Crippen LogP contribution >= 0.6 is 11.3 Å². The number of carbonyl (C=O) groups is 2. The number of amides is 2. The van der Waals surface area contributed by atoms with Gasteiger partial charge in [-0.2, -0.15) is 5.26 Å². The second kappa shape index (κ2) is 8.59. The minimum atomic E-state index is -3.05. The Morgan fingerprint density at radius 3 is 2.68 bits per heavy atom. The van der Waals surface area contributed by atoms with E-state index in [-0.39, 0.29) is 42.5 Å². The fraction of sp³-hybridized carbons (Fsp3) is 0.611. The van der Waals surface area contributed by atoms with Crippen molar-refractivity contribution in [2.24, 2.45) is 0 Å². The van der Waals surface area contributed by atoms with E-state index in [9.17, 15) is 23.3 Å². The molecule has 2 amide bonds. The van der Waals surface area contributed by atoms with Gasteiger partial charge in [0.15, 0.2) is 22.9 Å². The van der Waals surface area contributed by atoms with Gasteiger partial charge in [-0.25, -0.2) is 8.42 Å². The number of thiophene rings is 1. The highest BCUT2D eigenvalue weighted by Gasteiger charge is 2.30. The van der Waals surface area contributed by atoms with Crippen LogP contribution in [0.3, 0.4) is 0 Å². The fourth-order valence-corrected chi connectivity index (χ4v) is 6.66. The zero-order chi connectivity index (χ0) is 20.3. The first kappa shape index (κ1) is 20.8. The summed E-state index contributed by atoms with van der Waals surface area (Å²) < 4.78 is 23.0. The molecule has 1 aliphatic carbocycles. The minimum Gasteiger partial charge on any atom is -0.347 e. The molecule has 2 heterocycles. The molecule has 2 atom stereocenters. The normalized spacial score (nSPS) is 20.9. The number of fused-ring (bicyclic) bond motifs is 1. The molecule has 1 aliphatic heterocycles. The first-order chi connectivity index (χ1) is 13.3. The number of hydrogen-bond acceptors (Lipinski definition) is 6. The van der Waals surface area contributed by atoms with Crippen LogP contribution in [0.5, 0.6) is 0 Å². The van der Waals surface area contributed by atoms with E-state index >= 15 is 0 Å². The van der Waals surface area contributed by atoms with Crippen LogP contribution in [0.1, 0.15) is 35.8 Å². The molecule has 0 bridgehead atoms. The van der Waals surface area contributed by atoms with Gasteiger partial charge in [-0.3, -0.25) is 9.59 Å². The Balaban J connectivity index is 1.52. The number of carbonyl (C=O) groups excluding carboxylic acids is 2. The van der Waals surface area contributed by atoms with Crippen molar-refractivity contribution >= 4 is 38.0 Å². The third-order valence-electron chi connectivity index (χ3n) is 5.20. The summed E-state index contributed by atoms with van der Waals surface area (Å²) in [7, 11) is -3.05. The molecule has 0 spiro atoms. The van der Waals surface area contributed by atoms with Gasteiger partial charge in [0.2, 0.25) is 0 Å². The maximum Gasteiger partial charge on any atom is 0.280 e. The molecule has 1 unspecified atom stereocenters. The van der Waals surface area contributed by atoms with Gasteiger partial charge >= 0.3 is 0 Å². The van der Waals surface area contributed by atoms with E-state index in [1.807, 2.05) is 6.92 Å². The summed E-state index contributed by atoms with van der Waals surface area (Å²) in [6.45, 7) is 2.68. The van der Waals surface area contributed by atoms with E-state index in [2.05, 4.69) is 16.7 Å². The van der Waals surface area contributed by atoms with Crippen LogP contribution in [0.4, 0.5) is 5.00 Å². The molecule has 0 aromatic carbocycles. The van der Waals surface area contributed by atoms with Crippen LogP contribution in [0.15, 0.2) is 0 Å². The van der Waals surface area contributed by atoms with Gasteiger partial charge in [-0.15, -0.1) is 11.3 Å². The number of likely N-dealkylation sites (N-methyl/N-ethyl adjacent to an activating group) is 1. The van der Waals surface area contributed by atoms with Crippen LogP contribution in [-0.4, -0.2) is 57.4 Å². The number of rotatable bonds is 7. The van der Waals surface area contributed by atoms with Gasteiger partial charge in [0.25, 0.3) is 11.8 Å². The van der Waals surface area contributed by atoms with Gasteiger partial charge in [0.05, 0.1) is 23.6 Å². The predicted octanol–water partition coefficient (Wildman–Crippen LogP) is -0.745. The lowest BCUT2D eigenvalue weighted by molar-refractivity contribution is -0.881. The zero-order valence-electron chi connectivity index (χ0n) is 15.8. The Bertz CT molecular complexity index is 917. The standard InChI is InChI=1S/C18H24N4O4S2/c1-2-22(9-16(23)20-12-6-7-28(25,26)11-12)10-17(24)21-18-14(8-19)13-4-3-5-15(13)27-18/h12H,2-7,9-11H2,1H3,(H,20,23)(H,21,24)/p+1/t12-/m0/s1. The fourth-order valence-electron chi connectivity index (χ4n) is 3.74. The molecule has 3 rings (SSSR count). The number of sulfone groups is 1. The summed E-state index contributed by atoms with van der Waals surface area (Å²) in [6.07, 6.45) is 3.33. The van der Waals surface area contributed by atoms with Crippen LogP contribution in [0, 0.1) is 11.3 Å². The Morgan fingerprint density at radius 2 is 2.04 bits per heavy atom. The molecule has 1 fully saturated rings. The maximum absolute atomic E-state index is 12.4. The average Bonchev–Trinajstić information content (AvgIpc) is 3.28. The molecule has 2 aliphatic rings. The third-order valence-corrected chi connectivity index (χ3v) is 8.18. The lowest BCUT2D eigenvalue weighted by Gasteiger charge is -2.18. The number of quaternary nitrogens is 1. The van der Waals surface area contributed by atoms with Gasteiger partial charge in [-0.1, -0.05) is 0 Å². The highest BCUT2D eigenvalue weighted by molar-refractivity contribution is 7.91. The first-order valence-electron chi connectivity index (χ1n) is 9.49. The molecule has 0 radical (unpaired) electrons. The van der Waals surface area contributed by atoms with Crippen molar-refractivity contribution in [1.82, 2.24) is 5.32 Å². The van der Waals surface area contributed by atoms with E-state index in [0.717, 1.165) is 29.7 Å². The molecular formula is C18H25N4O4S2+. The molecular weight excluding hydrogens is 400 g/mol. The first-order valence-corrected chi connectivity index (χ1v) is 12.1. The van der Waals surface area contributed by atoms with Crippen LogP contribution in [-0.2, 0) is 32.3 Å². The molecule has 1 aromatic heterocycles. The molecule has 1 aromatic rings. The van der Waals surface area contributed by atoms with Gasteiger partial charge in [0.1, 0.15) is 11.1 Å². The average molecular weight is 426 g/mol. The monoisotopic (exact) mass is 425 g/mol. The topological polar surface area (TPSA) is 121 Å². The summed E-state index contributed by atoms with van der Waals surface area (Å²) >= 11 is 1.47. The lowest BCUT2D eigenvalue weighted by atomic mass is 10.1. The molecule has 152 valence electrons. The number of aryl methyl sites for hydroxylation is 1. The van der Waals surface area contributed by atoms with Crippen molar-refractivity contribution in [3.05, 3.63) is 16.0 Å². The van der Waals surface area contributed by atoms with E-state index in [4.69, 9.17) is 0 Å². The Kier molecular flexibility index (Phi) is 6.37. The van der Waals surface area contributed by atoms with Crippen molar-refractivity contribution in [1.29, 1.82) is 5.26 Å². The van der Waals surface area contributed by atoms with Gasteiger partial charge in [0, 0.05) is 10.9 Å². The SMILES string of the molecule is CC[NH+](CC(=O)Nc1sc2c(c1C#N)CCC2)CC(=O)N[C@H]1CCS(=O)(=O)C1. The highest BCUT2D eigenvalue weighted by atomic mass is 32.2. The summed E-state index contributed by atoms with van der Waals surface area (Å²) in [4.78, 5) is 26.6. The zero-order valence-corrected chi connectivity index (χ0v) is 17.5. The Hall–Kier alpha value is -1.96. The number of nitriles is 1. The Morgan fingerprint density at radius 1 is 1.29 bits per heavy atom. The van der Waals surface area contributed by atoms with Crippen LogP contribution in [0.2, 0.25) is 0 Å². The predicted molar refractivity (Wildman–Crippen MR) is 106 cm³/mol. The molecule has 28 heavy (non-hydrogen) atoms.